The Morgan fingerprint density at radius 2 is 2.08 bits per heavy atom. The Balaban J connectivity index is 3.49. The van der Waals surface area contributed by atoms with E-state index in [9.17, 15) is 13.2 Å². The van der Waals surface area contributed by atoms with Crippen LogP contribution in [0.25, 0.3) is 0 Å². The number of rotatable bonds is 6. The van der Waals surface area contributed by atoms with E-state index >= 15 is 0 Å². The predicted molar refractivity (Wildman–Crippen MR) is 41.4 cm³/mol. The normalized spacial score (nSPS) is 14.5. The Morgan fingerprint density at radius 3 is 2.46 bits per heavy atom. The van der Waals surface area contributed by atoms with Gasteiger partial charge in [0, 0.05) is 13.7 Å². The number of aliphatic hydroxyl groups is 1. The van der Waals surface area contributed by atoms with E-state index in [1.807, 2.05) is 0 Å². The van der Waals surface area contributed by atoms with Gasteiger partial charge in [-0.05, 0) is 0 Å². The van der Waals surface area contributed by atoms with Crippen molar-refractivity contribution in [3.63, 3.8) is 0 Å². The maximum absolute atomic E-state index is 11.7. The molecule has 0 saturated carbocycles. The summed E-state index contributed by atoms with van der Waals surface area (Å²) in [6, 6.07) is -0.424. The Bertz CT molecular complexity index is 129. The Kier molecular flexibility index (Phi) is 6.02. The molecule has 0 spiro atoms. The van der Waals surface area contributed by atoms with Gasteiger partial charge in [-0.25, -0.2) is 0 Å². The Labute approximate surface area is 74.9 Å². The second-order valence-electron chi connectivity index (χ2n) is 2.65. The predicted octanol–water partition coefficient (Wildman–Crippen LogP) is 0.536. The van der Waals surface area contributed by atoms with Crippen molar-refractivity contribution in [3.8, 4) is 0 Å². The Hall–Kier alpha value is -0.330. The summed E-state index contributed by atoms with van der Waals surface area (Å²) in [4.78, 5) is 0. The molecule has 0 aliphatic carbocycles. The van der Waals surface area contributed by atoms with Gasteiger partial charge in [-0.15, -0.1) is 0 Å². The quantitative estimate of drug-likeness (QED) is 0.659. The average molecular weight is 201 g/mol. The van der Waals surface area contributed by atoms with E-state index in [4.69, 9.17) is 5.11 Å². The molecule has 1 unspecified atom stereocenters. The van der Waals surface area contributed by atoms with Crippen LogP contribution in [0.5, 0.6) is 0 Å². The molecule has 0 saturated heterocycles. The zero-order chi connectivity index (χ0) is 10.3. The Morgan fingerprint density at radius 1 is 1.46 bits per heavy atom. The average Bonchev–Trinajstić information content (AvgIpc) is 2.01. The van der Waals surface area contributed by atoms with Crippen LogP contribution in [0, 0.1) is 0 Å². The lowest BCUT2D eigenvalue weighted by Gasteiger charge is -2.15. The molecule has 0 radical (unpaired) electrons. The molecular weight excluding hydrogens is 187 g/mol. The molecule has 6 heteroatoms. The van der Waals surface area contributed by atoms with Crippen molar-refractivity contribution in [1.82, 2.24) is 5.32 Å². The lowest BCUT2D eigenvalue weighted by atomic mass is 10.3. The minimum absolute atomic E-state index is 0.196. The number of ether oxygens (including phenoxy) is 1. The van der Waals surface area contributed by atoms with Crippen LogP contribution in [0.15, 0.2) is 0 Å². The molecule has 0 aliphatic rings. The third-order valence-corrected chi connectivity index (χ3v) is 1.43. The number of methoxy groups -OCH3 is 1. The van der Waals surface area contributed by atoms with Crippen LogP contribution in [0.2, 0.25) is 0 Å². The molecule has 0 aliphatic heterocycles. The lowest BCUT2D eigenvalue weighted by molar-refractivity contribution is -0.133. The molecule has 0 amide bonds. The highest BCUT2D eigenvalue weighted by molar-refractivity contribution is 4.65. The first kappa shape index (κ1) is 12.7. The maximum atomic E-state index is 11.7. The van der Waals surface area contributed by atoms with E-state index in [-0.39, 0.29) is 19.8 Å². The highest BCUT2D eigenvalue weighted by atomic mass is 19.4. The van der Waals surface area contributed by atoms with Crippen molar-refractivity contribution in [2.24, 2.45) is 0 Å². The summed E-state index contributed by atoms with van der Waals surface area (Å²) < 4.78 is 39.7. The number of nitrogens with one attached hydrogen (secondary N) is 1. The second-order valence-corrected chi connectivity index (χ2v) is 2.65. The largest absolute Gasteiger partial charge is 0.395 e. The van der Waals surface area contributed by atoms with Crippen molar-refractivity contribution in [3.05, 3.63) is 0 Å². The van der Waals surface area contributed by atoms with Crippen molar-refractivity contribution in [1.29, 1.82) is 0 Å². The molecule has 0 fully saturated rings. The highest BCUT2D eigenvalue weighted by Gasteiger charge is 2.26. The third-order valence-electron chi connectivity index (χ3n) is 1.43. The van der Waals surface area contributed by atoms with Gasteiger partial charge in [-0.1, -0.05) is 0 Å². The lowest BCUT2D eigenvalue weighted by Crippen LogP contribution is -2.38. The van der Waals surface area contributed by atoms with Crippen molar-refractivity contribution in [2.45, 2.75) is 18.6 Å². The molecule has 0 aromatic carbocycles. The minimum atomic E-state index is -4.15. The monoisotopic (exact) mass is 201 g/mol. The van der Waals surface area contributed by atoms with E-state index in [1.165, 1.54) is 7.11 Å². The van der Waals surface area contributed by atoms with Gasteiger partial charge >= 0.3 is 6.18 Å². The van der Waals surface area contributed by atoms with Gasteiger partial charge in [0.05, 0.1) is 25.7 Å². The van der Waals surface area contributed by atoms with Crippen LogP contribution in [0.3, 0.4) is 0 Å². The number of alkyl halides is 3. The van der Waals surface area contributed by atoms with Gasteiger partial charge in [-0.3, -0.25) is 0 Å². The van der Waals surface area contributed by atoms with Gasteiger partial charge < -0.3 is 15.2 Å². The van der Waals surface area contributed by atoms with E-state index < -0.39 is 18.6 Å². The van der Waals surface area contributed by atoms with Crippen LogP contribution in [0.1, 0.15) is 6.42 Å². The van der Waals surface area contributed by atoms with Crippen molar-refractivity contribution >= 4 is 0 Å². The fraction of sp³-hybridized carbons (Fsp3) is 1.00. The third kappa shape index (κ3) is 8.01. The van der Waals surface area contributed by atoms with Crippen molar-refractivity contribution in [2.75, 3.05) is 26.9 Å². The number of halogens is 3. The van der Waals surface area contributed by atoms with E-state index in [1.54, 1.807) is 0 Å². The summed E-state index contributed by atoms with van der Waals surface area (Å²) in [7, 11) is 1.42. The number of hydrogen-bond donors (Lipinski definition) is 2. The van der Waals surface area contributed by atoms with Gasteiger partial charge in [-0.2, -0.15) is 13.2 Å². The minimum Gasteiger partial charge on any atom is -0.395 e. The van der Waals surface area contributed by atoms with Crippen LogP contribution in [-0.4, -0.2) is 44.2 Å². The SMILES string of the molecule is COCC(CO)NCCC(F)(F)F. The molecule has 0 bridgehead atoms. The summed E-state index contributed by atoms with van der Waals surface area (Å²) >= 11 is 0. The standard InChI is InChI=1S/C7H14F3NO2/c1-13-5-6(4-12)11-3-2-7(8,9)10/h6,11-12H,2-5H2,1H3. The van der Waals surface area contributed by atoms with Gasteiger partial charge in [0.1, 0.15) is 0 Å². The summed E-state index contributed by atoms with van der Waals surface area (Å²) in [5, 5.41) is 11.2. The number of aliphatic hydroxyl groups excluding tert-OH is 1. The van der Waals surface area contributed by atoms with E-state index in [0.29, 0.717) is 0 Å². The first-order chi connectivity index (χ1) is 5.99. The fourth-order valence-corrected chi connectivity index (χ4v) is 0.795. The number of hydrogen-bond acceptors (Lipinski definition) is 3. The first-order valence-corrected chi connectivity index (χ1v) is 3.89. The smallest absolute Gasteiger partial charge is 0.390 e. The second kappa shape index (κ2) is 6.17. The molecule has 0 heterocycles. The topological polar surface area (TPSA) is 41.5 Å². The van der Waals surface area contributed by atoms with Gasteiger partial charge in [0.2, 0.25) is 0 Å². The summed E-state index contributed by atoms with van der Waals surface area (Å²) in [5.74, 6) is 0. The molecule has 0 aromatic rings. The summed E-state index contributed by atoms with van der Waals surface area (Å²) in [6.07, 6.45) is -5.05. The van der Waals surface area contributed by atoms with Gasteiger partial charge in [0.15, 0.2) is 0 Å². The van der Waals surface area contributed by atoms with E-state index in [0.717, 1.165) is 0 Å². The van der Waals surface area contributed by atoms with Gasteiger partial charge in [0.25, 0.3) is 0 Å². The molecule has 80 valence electrons. The molecule has 13 heavy (non-hydrogen) atoms. The maximum Gasteiger partial charge on any atom is 0.390 e. The van der Waals surface area contributed by atoms with Crippen molar-refractivity contribution < 1.29 is 23.0 Å². The fourth-order valence-electron chi connectivity index (χ4n) is 0.795. The molecule has 0 rings (SSSR count). The zero-order valence-electron chi connectivity index (χ0n) is 7.40. The van der Waals surface area contributed by atoms with Crippen LogP contribution in [0.4, 0.5) is 13.2 Å². The molecule has 0 aromatic heterocycles. The first-order valence-electron chi connectivity index (χ1n) is 3.89. The van der Waals surface area contributed by atoms with Crippen LogP contribution >= 0.6 is 0 Å². The van der Waals surface area contributed by atoms with Crippen LogP contribution in [-0.2, 0) is 4.74 Å². The summed E-state index contributed by atoms with van der Waals surface area (Å²) in [5.41, 5.74) is 0. The molecule has 1 atom stereocenters. The van der Waals surface area contributed by atoms with Crippen LogP contribution < -0.4 is 5.32 Å². The molecular formula is C7H14F3NO2. The highest BCUT2D eigenvalue weighted by Crippen LogP contribution is 2.18. The summed E-state index contributed by atoms with van der Waals surface area (Å²) in [6.45, 7) is -0.224. The zero-order valence-corrected chi connectivity index (χ0v) is 7.40. The molecule has 2 N–H and O–H groups in total. The molecule has 3 nitrogen and oxygen atoms in total. The van der Waals surface area contributed by atoms with E-state index in [2.05, 4.69) is 10.1 Å².